The molecule has 2 rings (SSSR count). The Morgan fingerprint density at radius 1 is 1.28 bits per heavy atom. The molecular weight excluding hydrogens is 340 g/mol. The van der Waals surface area contributed by atoms with Gasteiger partial charge in [-0.2, -0.15) is 0 Å². The molecule has 0 atom stereocenters. The zero-order valence-electron chi connectivity index (χ0n) is 15.4. The number of hydrogen-bond acceptors (Lipinski definition) is 5. The molecule has 0 spiro atoms. The van der Waals surface area contributed by atoms with E-state index >= 15 is 0 Å². The van der Waals surface area contributed by atoms with Crippen molar-refractivity contribution >= 4 is 21.4 Å². The molecule has 0 bridgehead atoms. The highest BCUT2D eigenvalue weighted by Crippen LogP contribution is 2.26. The van der Waals surface area contributed by atoms with Gasteiger partial charge < -0.3 is 15.4 Å². The minimum atomic E-state index is -3.28. The van der Waals surface area contributed by atoms with Crippen molar-refractivity contribution in [2.45, 2.75) is 49.7 Å². The minimum absolute atomic E-state index is 0.0560. The fourth-order valence-electron chi connectivity index (χ4n) is 2.77. The summed E-state index contributed by atoms with van der Waals surface area (Å²) < 4.78 is 29.5. The first-order valence-corrected chi connectivity index (χ1v) is 10.1. The monoisotopic (exact) mass is 368 g/mol. The van der Waals surface area contributed by atoms with Gasteiger partial charge in [0.1, 0.15) is 5.60 Å². The number of ether oxygens (including phenoxy) is 1. The van der Waals surface area contributed by atoms with Crippen molar-refractivity contribution in [3.63, 3.8) is 0 Å². The molecule has 0 saturated carbocycles. The number of benzene rings is 1. The maximum absolute atomic E-state index is 12.7. The molecule has 0 unspecified atom stereocenters. The van der Waals surface area contributed by atoms with E-state index in [4.69, 9.17) is 4.74 Å². The molecule has 7 heteroatoms. The standard InChI is InChI=1S/C18H28N2O4S/c1-17(2,3)25(22,23)13-14-6-5-7-15(12-14)20-16(21)18(24-4)8-10-19-11-9-18/h5-7,12,19H,8-11,13H2,1-4H3,(H,20,21). The number of carbonyl (C=O) groups excluding carboxylic acids is 1. The van der Waals surface area contributed by atoms with Gasteiger partial charge in [0.05, 0.1) is 10.5 Å². The van der Waals surface area contributed by atoms with E-state index < -0.39 is 20.2 Å². The summed E-state index contributed by atoms with van der Waals surface area (Å²) in [5.41, 5.74) is 0.407. The van der Waals surface area contributed by atoms with Gasteiger partial charge in [0.15, 0.2) is 9.84 Å². The smallest absolute Gasteiger partial charge is 0.256 e. The number of amides is 1. The van der Waals surface area contributed by atoms with Crippen LogP contribution >= 0.6 is 0 Å². The van der Waals surface area contributed by atoms with Gasteiger partial charge in [-0.05, 0) is 64.4 Å². The number of rotatable bonds is 5. The van der Waals surface area contributed by atoms with Crippen molar-refractivity contribution in [3.05, 3.63) is 29.8 Å². The van der Waals surface area contributed by atoms with Gasteiger partial charge in [0.25, 0.3) is 5.91 Å². The van der Waals surface area contributed by atoms with Crippen molar-refractivity contribution in [2.24, 2.45) is 0 Å². The summed E-state index contributed by atoms with van der Waals surface area (Å²) in [6, 6.07) is 6.99. The van der Waals surface area contributed by atoms with Crippen LogP contribution in [-0.2, 0) is 25.1 Å². The lowest BCUT2D eigenvalue weighted by atomic mass is 9.91. The Morgan fingerprint density at radius 2 is 1.92 bits per heavy atom. The Labute approximate surface area is 150 Å². The van der Waals surface area contributed by atoms with Gasteiger partial charge in [-0.25, -0.2) is 8.42 Å². The molecule has 1 amide bonds. The number of methoxy groups -OCH3 is 1. The molecule has 1 fully saturated rings. The van der Waals surface area contributed by atoms with Crippen LogP contribution in [0, 0.1) is 0 Å². The SMILES string of the molecule is COC1(C(=O)Nc2cccc(CS(=O)(=O)C(C)(C)C)c2)CCNCC1. The largest absolute Gasteiger partial charge is 0.368 e. The molecule has 1 aromatic rings. The third-order valence-electron chi connectivity index (χ3n) is 4.69. The van der Waals surface area contributed by atoms with Crippen LogP contribution in [0.1, 0.15) is 39.2 Å². The first-order valence-electron chi connectivity index (χ1n) is 8.48. The maximum atomic E-state index is 12.7. The van der Waals surface area contributed by atoms with Crippen LogP contribution in [0.2, 0.25) is 0 Å². The molecule has 1 aliphatic heterocycles. The predicted octanol–water partition coefficient (Wildman–Crippen LogP) is 2.11. The quantitative estimate of drug-likeness (QED) is 0.831. The fourth-order valence-corrected chi connectivity index (χ4v) is 3.83. The number of sulfone groups is 1. The highest BCUT2D eigenvalue weighted by Gasteiger charge is 2.39. The second kappa shape index (κ2) is 7.43. The van der Waals surface area contributed by atoms with E-state index in [1.807, 2.05) is 0 Å². The van der Waals surface area contributed by atoms with E-state index in [1.54, 1.807) is 52.1 Å². The molecule has 1 aliphatic rings. The topological polar surface area (TPSA) is 84.5 Å². The van der Waals surface area contributed by atoms with Crippen molar-refractivity contribution in [3.8, 4) is 0 Å². The summed E-state index contributed by atoms with van der Waals surface area (Å²) in [4.78, 5) is 12.7. The Bertz CT molecular complexity index is 717. The summed E-state index contributed by atoms with van der Waals surface area (Å²) in [5, 5.41) is 6.10. The fraction of sp³-hybridized carbons (Fsp3) is 0.611. The van der Waals surface area contributed by atoms with Crippen LogP contribution in [0.25, 0.3) is 0 Å². The molecule has 6 nitrogen and oxygen atoms in total. The van der Waals surface area contributed by atoms with Gasteiger partial charge in [-0.3, -0.25) is 4.79 Å². The lowest BCUT2D eigenvalue weighted by molar-refractivity contribution is -0.140. The second-order valence-corrected chi connectivity index (χ2v) is 10.2. The summed E-state index contributed by atoms with van der Waals surface area (Å²) in [7, 11) is -1.73. The zero-order chi connectivity index (χ0) is 18.7. The number of hydrogen-bond donors (Lipinski definition) is 2. The van der Waals surface area contributed by atoms with E-state index in [2.05, 4.69) is 10.6 Å². The summed E-state index contributed by atoms with van der Waals surface area (Å²) in [6.45, 7) is 6.52. The minimum Gasteiger partial charge on any atom is -0.368 e. The Kier molecular flexibility index (Phi) is 5.91. The van der Waals surface area contributed by atoms with Crippen LogP contribution in [-0.4, -0.2) is 44.9 Å². The van der Waals surface area contributed by atoms with Gasteiger partial charge in [-0.15, -0.1) is 0 Å². The van der Waals surface area contributed by atoms with E-state index in [0.29, 0.717) is 24.1 Å². The Balaban J connectivity index is 2.15. The highest BCUT2D eigenvalue weighted by atomic mass is 32.2. The average molecular weight is 368 g/mol. The van der Waals surface area contributed by atoms with Crippen LogP contribution in [0.15, 0.2) is 24.3 Å². The molecule has 2 N–H and O–H groups in total. The van der Waals surface area contributed by atoms with Gasteiger partial charge in [-0.1, -0.05) is 12.1 Å². The lowest BCUT2D eigenvalue weighted by Gasteiger charge is -2.34. The average Bonchev–Trinajstić information content (AvgIpc) is 2.54. The lowest BCUT2D eigenvalue weighted by Crippen LogP contribution is -2.51. The first kappa shape index (κ1) is 19.9. The van der Waals surface area contributed by atoms with E-state index in [9.17, 15) is 13.2 Å². The van der Waals surface area contributed by atoms with Gasteiger partial charge in [0, 0.05) is 12.8 Å². The normalized spacial score (nSPS) is 17.9. The van der Waals surface area contributed by atoms with E-state index in [-0.39, 0.29) is 11.7 Å². The Hall–Kier alpha value is -1.44. The van der Waals surface area contributed by atoms with Crippen molar-refractivity contribution in [1.29, 1.82) is 0 Å². The van der Waals surface area contributed by atoms with Gasteiger partial charge >= 0.3 is 0 Å². The Morgan fingerprint density at radius 3 is 2.48 bits per heavy atom. The van der Waals surface area contributed by atoms with Crippen molar-refractivity contribution < 1.29 is 17.9 Å². The summed E-state index contributed by atoms with van der Waals surface area (Å²) in [5.74, 6) is -0.244. The van der Waals surface area contributed by atoms with Crippen LogP contribution in [0.5, 0.6) is 0 Å². The van der Waals surface area contributed by atoms with Crippen molar-refractivity contribution in [2.75, 3.05) is 25.5 Å². The molecule has 1 saturated heterocycles. The number of carbonyl (C=O) groups is 1. The third kappa shape index (κ3) is 4.59. The maximum Gasteiger partial charge on any atom is 0.256 e. The zero-order valence-corrected chi connectivity index (χ0v) is 16.2. The molecule has 0 aliphatic carbocycles. The van der Waals surface area contributed by atoms with E-state index in [1.165, 1.54) is 0 Å². The summed E-state index contributed by atoms with van der Waals surface area (Å²) >= 11 is 0. The molecule has 0 radical (unpaired) electrons. The van der Waals surface area contributed by atoms with Gasteiger partial charge in [0.2, 0.25) is 0 Å². The number of anilines is 1. The molecule has 25 heavy (non-hydrogen) atoms. The highest BCUT2D eigenvalue weighted by molar-refractivity contribution is 7.91. The second-order valence-electron chi connectivity index (χ2n) is 7.47. The predicted molar refractivity (Wildman–Crippen MR) is 99.3 cm³/mol. The third-order valence-corrected chi connectivity index (χ3v) is 7.27. The van der Waals surface area contributed by atoms with Crippen LogP contribution in [0.4, 0.5) is 5.69 Å². The number of piperidine rings is 1. The van der Waals surface area contributed by atoms with Crippen LogP contribution < -0.4 is 10.6 Å². The molecule has 0 aromatic heterocycles. The molecule has 140 valence electrons. The summed E-state index contributed by atoms with van der Waals surface area (Å²) in [6.07, 6.45) is 1.21. The molecule has 1 heterocycles. The molecule has 1 aromatic carbocycles. The molecular formula is C18H28N2O4S. The van der Waals surface area contributed by atoms with Crippen molar-refractivity contribution in [1.82, 2.24) is 5.32 Å². The number of nitrogens with one attached hydrogen (secondary N) is 2. The van der Waals surface area contributed by atoms with E-state index in [0.717, 1.165) is 13.1 Å². The van der Waals surface area contributed by atoms with Crippen LogP contribution in [0.3, 0.4) is 0 Å². The first-order chi connectivity index (χ1) is 11.6.